The van der Waals surface area contributed by atoms with Crippen LogP contribution in [0.25, 0.3) is 0 Å². The number of unbranched alkanes of at least 4 members (excludes halogenated alkanes) is 1. The number of nitrogens with zero attached hydrogens (tertiary/aromatic N) is 1. The van der Waals surface area contributed by atoms with E-state index in [1.807, 2.05) is 0 Å². The van der Waals surface area contributed by atoms with Gasteiger partial charge in [-0.25, -0.2) is 0 Å². The van der Waals surface area contributed by atoms with Gasteiger partial charge in [-0.1, -0.05) is 13.3 Å². The van der Waals surface area contributed by atoms with E-state index in [0.29, 0.717) is 18.8 Å². The maximum Gasteiger partial charge on any atom is 0.307 e. The summed E-state index contributed by atoms with van der Waals surface area (Å²) in [7, 11) is 1.37. The van der Waals surface area contributed by atoms with Crippen LogP contribution < -0.4 is 0 Å². The lowest BCUT2D eigenvalue weighted by molar-refractivity contribution is -0.141. The molecule has 0 aromatic carbocycles. The summed E-state index contributed by atoms with van der Waals surface area (Å²) in [6.07, 6.45) is 4.68. The molecule has 0 spiro atoms. The van der Waals surface area contributed by atoms with Gasteiger partial charge in [0.05, 0.1) is 25.4 Å². The summed E-state index contributed by atoms with van der Waals surface area (Å²) in [5.74, 6) is 1.30. The molecule has 0 saturated carbocycles. The minimum atomic E-state index is -0.279. The summed E-state index contributed by atoms with van der Waals surface area (Å²) in [5, 5.41) is 0. The Morgan fingerprint density at radius 1 is 1.43 bits per heavy atom. The summed E-state index contributed by atoms with van der Waals surface area (Å²) in [6.45, 7) is 3.92. The Labute approximate surface area is 131 Å². The van der Waals surface area contributed by atoms with Crippen molar-refractivity contribution in [3.05, 3.63) is 0 Å². The van der Waals surface area contributed by atoms with Crippen LogP contribution in [0.1, 0.15) is 39.0 Å². The van der Waals surface area contributed by atoms with E-state index < -0.39 is 0 Å². The highest BCUT2D eigenvalue weighted by molar-refractivity contribution is 7.99. The van der Waals surface area contributed by atoms with Crippen LogP contribution >= 0.6 is 11.8 Å². The second-order valence-electron chi connectivity index (χ2n) is 5.21. The van der Waals surface area contributed by atoms with Crippen molar-refractivity contribution in [2.24, 2.45) is 0 Å². The van der Waals surface area contributed by atoms with Crippen LogP contribution in [0, 0.1) is 0 Å². The molecule has 1 saturated heterocycles. The van der Waals surface area contributed by atoms with Crippen molar-refractivity contribution in [3.8, 4) is 0 Å². The van der Waals surface area contributed by atoms with Crippen LogP contribution in [0.3, 0.4) is 0 Å². The third-order valence-corrected chi connectivity index (χ3v) is 4.51. The lowest BCUT2D eigenvalue weighted by atomic mass is 10.2. The fourth-order valence-corrected chi connectivity index (χ4v) is 3.17. The Hall–Kier alpha value is -0.750. The summed E-state index contributed by atoms with van der Waals surface area (Å²) in [4.78, 5) is 25.3. The van der Waals surface area contributed by atoms with Gasteiger partial charge in [-0.15, -0.1) is 0 Å². The van der Waals surface area contributed by atoms with Gasteiger partial charge in [0.15, 0.2) is 0 Å². The molecule has 1 fully saturated rings. The number of hydrogen-bond acceptors (Lipinski definition) is 5. The molecule has 1 rings (SSSR count). The topological polar surface area (TPSA) is 55.8 Å². The van der Waals surface area contributed by atoms with E-state index in [1.54, 1.807) is 16.7 Å². The van der Waals surface area contributed by atoms with Crippen molar-refractivity contribution in [2.75, 3.05) is 38.3 Å². The van der Waals surface area contributed by atoms with Crippen LogP contribution in [0.4, 0.5) is 0 Å². The van der Waals surface area contributed by atoms with E-state index in [1.165, 1.54) is 7.11 Å². The van der Waals surface area contributed by atoms with Gasteiger partial charge in [-0.2, -0.15) is 11.8 Å². The Bertz CT molecular complexity index is 319. The molecule has 0 bridgehead atoms. The van der Waals surface area contributed by atoms with Gasteiger partial charge in [0.2, 0.25) is 5.91 Å². The number of carbonyl (C=O) groups excluding carboxylic acids is 2. The molecule has 0 aromatic heterocycles. The Morgan fingerprint density at radius 2 is 2.24 bits per heavy atom. The zero-order valence-corrected chi connectivity index (χ0v) is 14.0. The normalized spacial score (nSPS) is 17.7. The number of thioether (sulfide) groups is 1. The first-order valence-electron chi connectivity index (χ1n) is 7.71. The standard InChI is InChI=1S/C15H27NO4S/c1-3-4-10-21-12-14(17)16(8-7-15(18)19-2)11-13-6-5-9-20-13/h13H,3-12H2,1-2H3. The number of ether oxygens (including phenoxy) is 2. The molecule has 1 atom stereocenters. The number of methoxy groups -OCH3 is 1. The van der Waals surface area contributed by atoms with E-state index in [0.717, 1.165) is 38.0 Å². The molecule has 0 N–H and O–H groups in total. The van der Waals surface area contributed by atoms with Crippen molar-refractivity contribution in [2.45, 2.75) is 45.1 Å². The molecule has 1 aliphatic rings. The third-order valence-electron chi connectivity index (χ3n) is 3.48. The Kier molecular flexibility index (Phi) is 9.50. The molecule has 0 radical (unpaired) electrons. The summed E-state index contributed by atoms with van der Waals surface area (Å²) < 4.78 is 10.2. The number of hydrogen-bond donors (Lipinski definition) is 0. The van der Waals surface area contributed by atoms with Gasteiger partial charge in [-0.3, -0.25) is 9.59 Å². The number of rotatable bonds is 10. The highest BCUT2D eigenvalue weighted by atomic mass is 32.2. The van der Waals surface area contributed by atoms with Gasteiger partial charge in [0.25, 0.3) is 0 Å². The fraction of sp³-hybridized carbons (Fsp3) is 0.867. The molecular weight excluding hydrogens is 290 g/mol. The minimum absolute atomic E-state index is 0.0931. The van der Waals surface area contributed by atoms with Crippen LogP contribution in [0.5, 0.6) is 0 Å². The Morgan fingerprint density at radius 3 is 2.86 bits per heavy atom. The molecule has 122 valence electrons. The summed E-state index contributed by atoms with van der Waals surface area (Å²) in [6, 6.07) is 0. The molecular formula is C15H27NO4S. The largest absolute Gasteiger partial charge is 0.469 e. The molecule has 1 unspecified atom stereocenters. The average molecular weight is 317 g/mol. The van der Waals surface area contributed by atoms with Gasteiger partial charge >= 0.3 is 5.97 Å². The van der Waals surface area contributed by atoms with Crippen molar-refractivity contribution < 1.29 is 19.1 Å². The van der Waals surface area contributed by atoms with Crippen molar-refractivity contribution >= 4 is 23.6 Å². The van der Waals surface area contributed by atoms with Crippen LogP contribution in [-0.2, 0) is 19.1 Å². The van der Waals surface area contributed by atoms with E-state index in [-0.39, 0.29) is 24.4 Å². The van der Waals surface area contributed by atoms with E-state index in [9.17, 15) is 9.59 Å². The molecule has 1 amide bonds. The van der Waals surface area contributed by atoms with Crippen molar-refractivity contribution in [1.82, 2.24) is 4.90 Å². The first kappa shape index (κ1) is 18.3. The van der Waals surface area contributed by atoms with Crippen molar-refractivity contribution in [1.29, 1.82) is 0 Å². The number of esters is 1. The first-order valence-corrected chi connectivity index (χ1v) is 8.86. The van der Waals surface area contributed by atoms with E-state index in [4.69, 9.17) is 4.74 Å². The quantitative estimate of drug-likeness (QED) is 0.456. The third kappa shape index (κ3) is 7.71. The second-order valence-corrected chi connectivity index (χ2v) is 6.31. The SMILES string of the molecule is CCCCSCC(=O)N(CCC(=O)OC)CC1CCCO1. The summed E-state index contributed by atoms with van der Waals surface area (Å²) in [5.41, 5.74) is 0. The first-order chi connectivity index (χ1) is 10.2. The highest BCUT2D eigenvalue weighted by Gasteiger charge is 2.23. The highest BCUT2D eigenvalue weighted by Crippen LogP contribution is 2.15. The molecule has 1 aliphatic heterocycles. The maximum atomic E-state index is 12.3. The van der Waals surface area contributed by atoms with E-state index >= 15 is 0 Å². The number of amides is 1. The predicted molar refractivity (Wildman–Crippen MR) is 84.4 cm³/mol. The van der Waals surface area contributed by atoms with Gasteiger partial charge < -0.3 is 14.4 Å². The maximum absolute atomic E-state index is 12.3. The summed E-state index contributed by atoms with van der Waals surface area (Å²) >= 11 is 1.66. The van der Waals surface area contributed by atoms with Crippen molar-refractivity contribution in [3.63, 3.8) is 0 Å². The van der Waals surface area contributed by atoms with Crippen LogP contribution in [-0.4, -0.2) is 61.2 Å². The molecule has 1 heterocycles. The van der Waals surface area contributed by atoms with Crippen LogP contribution in [0.15, 0.2) is 0 Å². The van der Waals surface area contributed by atoms with E-state index in [2.05, 4.69) is 11.7 Å². The molecule has 0 aliphatic carbocycles. The zero-order valence-electron chi connectivity index (χ0n) is 13.1. The van der Waals surface area contributed by atoms with Gasteiger partial charge in [0, 0.05) is 19.7 Å². The van der Waals surface area contributed by atoms with Gasteiger partial charge in [0.1, 0.15) is 0 Å². The molecule has 0 aromatic rings. The van der Waals surface area contributed by atoms with Crippen LogP contribution in [0.2, 0.25) is 0 Å². The molecule has 21 heavy (non-hydrogen) atoms. The second kappa shape index (κ2) is 10.9. The fourth-order valence-electron chi connectivity index (χ4n) is 2.18. The van der Waals surface area contributed by atoms with Gasteiger partial charge in [-0.05, 0) is 25.0 Å². The molecule has 6 heteroatoms. The smallest absolute Gasteiger partial charge is 0.307 e. The molecule has 5 nitrogen and oxygen atoms in total. The lowest BCUT2D eigenvalue weighted by Gasteiger charge is -2.25. The average Bonchev–Trinajstić information content (AvgIpc) is 3.00. The lowest BCUT2D eigenvalue weighted by Crippen LogP contribution is -2.39. The Balaban J connectivity index is 2.40. The zero-order chi connectivity index (χ0) is 15.5. The number of carbonyl (C=O) groups is 2. The minimum Gasteiger partial charge on any atom is -0.469 e. The monoisotopic (exact) mass is 317 g/mol. The predicted octanol–water partition coefficient (Wildman–Crippen LogP) is 2.09.